The molecule has 0 aromatic heterocycles. The monoisotopic (exact) mass is 473 g/mol. The molecule has 37 valence electrons. The second-order valence-electron chi connectivity index (χ2n) is 0.0833. The summed E-state index contributed by atoms with van der Waals surface area (Å²) < 4.78 is 33.8. The van der Waals surface area contributed by atoms with E-state index in [1.165, 1.54) is 0 Å². The molecule has 0 unspecified atom stereocenters. The number of hydrogen-bond acceptors (Lipinski definition) is 4. The van der Waals surface area contributed by atoms with Crippen LogP contribution in [0.2, 0.25) is 0 Å². The van der Waals surface area contributed by atoms with Crippen LogP contribution in [0, 0.1) is 0 Å². The Morgan fingerprint density at radius 2 is 1.14 bits per heavy atom. The first-order valence-corrected chi connectivity index (χ1v) is 4.85. The average molecular weight is 471 g/mol. The summed E-state index contributed by atoms with van der Waals surface area (Å²) in [6, 6.07) is 0. The molecular formula is HfO4TaTi. The third kappa shape index (κ3) is 98.8. The Hall–Kier alpha value is 1.52. The van der Waals surface area contributed by atoms with Crippen molar-refractivity contribution in [3.8, 4) is 0 Å². The molecule has 0 radical (unpaired) electrons. The van der Waals surface area contributed by atoms with Crippen molar-refractivity contribution in [1.82, 2.24) is 0 Å². The van der Waals surface area contributed by atoms with Gasteiger partial charge in [-0.05, 0) is 0 Å². The van der Waals surface area contributed by atoms with Gasteiger partial charge in [0.15, 0.2) is 0 Å². The molecule has 7 heteroatoms. The molecule has 0 aliphatic carbocycles. The summed E-state index contributed by atoms with van der Waals surface area (Å²) in [7, 11) is 0. The summed E-state index contributed by atoms with van der Waals surface area (Å²) in [6.45, 7) is 0. The van der Waals surface area contributed by atoms with Gasteiger partial charge in [0, 0.05) is 0 Å². The van der Waals surface area contributed by atoms with Crippen LogP contribution in [0.4, 0.5) is 0 Å². The second kappa shape index (κ2) is 50.3. The van der Waals surface area contributed by atoms with E-state index in [-0.39, 0.29) is 45.4 Å². The van der Waals surface area contributed by atoms with Crippen LogP contribution in [0.1, 0.15) is 0 Å². The van der Waals surface area contributed by atoms with E-state index in [2.05, 4.69) is 0 Å². The molecule has 0 aromatic rings. The van der Waals surface area contributed by atoms with Gasteiger partial charge in [0.1, 0.15) is 0 Å². The minimum atomic E-state index is -2.00. The third-order valence-electron chi connectivity index (χ3n) is 0. The van der Waals surface area contributed by atoms with Gasteiger partial charge in [0.25, 0.3) is 0 Å². The molecule has 0 spiro atoms. The topological polar surface area (TPSA) is 68.3 Å². The summed E-state index contributed by atoms with van der Waals surface area (Å²) >= 11 is -1.75. The predicted octanol–water partition coefficient (Wildman–Crippen LogP) is -0.483. The second-order valence-corrected chi connectivity index (χ2v) is 0.344. The third-order valence-corrected chi connectivity index (χ3v) is 0. The number of rotatable bonds is 0. The molecule has 0 aliphatic rings. The summed E-state index contributed by atoms with van der Waals surface area (Å²) in [6.07, 6.45) is 0. The average Bonchev–Trinajstić information content (AvgIpc) is 1.78. The van der Waals surface area contributed by atoms with E-state index in [0.29, 0.717) is 0 Å². The van der Waals surface area contributed by atoms with Gasteiger partial charge in [-0.2, -0.15) is 0 Å². The summed E-state index contributed by atoms with van der Waals surface area (Å²) in [4.78, 5) is 0. The Morgan fingerprint density at radius 1 is 1.14 bits per heavy atom. The molecule has 0 saturated heterocycles. The first-order chi connectivity index (χ1) is 3.41. The SMILES string of the molecule is [O]=[Hf].[O]=[Ta].[O]=[Ti]=[O]. The molecule has 0 atom stereocenters. The van der Waals surface area contributed by atoms with Gasteiger partial charge in [-0.3, -0.25) is 0 Å². The van der Waals surface area contributed by atoms with Gasteiger partial charge < -0.3 is 0 Å². The van der Waals surface area contributed by atoms with E-state index >= 15 is 0 Å². The van der Waals surface area contributed by atoms with Gasteiger partial charge >= 0.3 is 77.3 Å². The minimum absolute atomic E-state index is 0.0556. The van der Waals surface area contributed by atoms with Crippen molar-refractivity contribution >= 4 is 0 Å². The molecule has 0 heterocycles. The Kier molecular flexibility index (Phi) is 114. The van der Waals surface area contributed by atoms with E-state index in [0.717, 1.165) is 0 Å². The standard InChI is InChI=1S/Hf.4O.Ta.Ti. The normalized spacial score (nSPS) is 2.00. The van der Waals surface area contributed by atoms with Crippen molar-refractivity contribution in [3.63, 3.8) is 0 Å². The molecule has 0 amide bonds. The Morgan fingerprint density at radius 3 is 1.14 bits per heavy atom. The quantitative estimate of drug-likeness (QED) is 0.448. The summed E-state index contributed by atoms with van der Waals surface area (Å²) in [5, 5.41) is 0. The molecule has 0 rings (SSSR count). The first kappa shape index (κ1) is 15.8. The van der Waals surface area contributed by atoms with Gasteiger partial charge in [-0.15, -0.1) is 0 Å². The Balaban J connectivity index is -0.0000000360. The molecule has 0 N–H and O–H groups in total. The molecule has 0 aromatic carbocycles. The molecule has 4 nitrogen and oxygen atoms in total. The van der Waals surface area contributed by atoms with Crippen molar-refractivity contribution in [2.75, 3.05) is 0 Å². The van der Waals surface area contributed by atoms with Crippen molar-refractivity contribution in [2.24, 2.45) is 0 Å². The van der Waals surface area contributed by atoms with Crippen LogP contribution in [-0.4, -0.2) is 0 Å². The first-order valence-electron chi connectivity index (χ1n) is 0.795. The fraction of sp³-hybridized carbons (Fsp3) is 0. The molecule has 0 fully saturated rings. The van der Waals surface area contributed by atoms with E-state index in [4.69, 9.17) is 12.8 Å². The fourth-order valence-corrected chi connectivity index (χ4v) is 0. The molecule has 0 saturated carbocycles. The van der Waals surface area contributed by atoms with Crippen LogP contribution in [0.25, 0.3) is 0 Å². The van der Waals surface area contributed by atoms with Crippen LogP contribution in [0.15, 0.2) is 0 Å². The van der Waals surface area contributed by atoms with Gasteiger partial charge in [-0.1, -0.05) is 0 Å². The van der Waals surface area contributed by atoms with Crippen LogP contribution >= 0.6 is 0 Å². The maximum atomic E-state index is 8.50. The van der Waals surface area contributed by atoms with Gasteiger partial charge in [-0.25, -0.2) is 0 Å². The van der Waals surface area contributed by atoms with E-state index in [9.17, 15) is 0 Å². The van der Waals surface area contributed by atoms with Crippen molar-refractivity contribution < 1.29 is 77.3 Å². The van der Waals surface area contributed by atoms with Crippen LogP contribution < -0.4 is 0 Å². The zero-order chi connectivity index (χ0) is 6.71. The van der Waals surface area contributed by atoms with E-state index in [1.54, 1.807) is 0 Å². The zero-order valence-electron chi connectivity index (χ0n) is 3.08. The van der Waals surface area contributed by atoms with Crippen LogP contribution in [0.3, 0.4) is 0 Å². The Labute approximate surface area is 76.3 Å². The van der Waals surface area contributed by atoms with Crippen LogP contribution in [-0.2, 0) is 77.3 Å². The van der Waals surface area contributed by atoms with Crippen molar-refractivity contribution in [1.29, 1.82) is 0 Å². The summed E-state index contributed by atoms with van der Waals surface area (Å²) in [5.74, 6) is 0. The zero-order valence-corrected chi connectivity index (χ0v) is 11.4. The fourth-order valence-electron chi connectivity index (χ4n) is 0. The Bertz CT molecular complexity index is 47.7. The molecular weight excluding hydrogens is 471 g/mol. The van der Waals surface area contributed by atoms with Crippen molar-refractivity contribution in [3.05, 3.63) is 0 Å². The summed E-state index contributed by atoms with van der Waals surface area (Å²) in [5.41, 5.74) is 0. The predicted molar refractivity (Wildman–Crippen MR) is 2.75 cm³/mol. The number of hydrogen-bond donors (Lipinski definition) is 0. The molecule has 7 heavy (non-hydrogen) atoms. The van der Waals surface area contributed by atoms with E-state index in [1.807, 2.05) is 0 Å². The van der Waals surface area contributed by atoms with Crippen LogP contribution in [0.5, 0.6) is 0 Å². The van der Waals surface area contributed by atoms with Gasteiger partial charge in [0.2, 0.25) is 0 Å². The van der Waals surface area contributed by atoms with Crippen molar-refractivity contribution in [2.45, 2.75) is 0 Å². The van der Waals surface area contributed by atoms with E-state index < -0.39 is 19.1 Å². The molecule has 0 aliphatic heterocycles. The molecule has 0 bridgehead atoms. The van der Waals surface area contributed by atoms with Gasteiger partial charge in [0.05, 0.1) is 0 Å². The maximum absolute atomic E-state index is 8.50.